The number of hydrogen-bond acceptors (Lipinski definition) is 4. The molecule has 32 heavy (non-hydrogen) atoms. The molecule has 8 heteroatoms. The molecule has 2 fully saturated rings. The molecule has 0 aromatic heterocycles. The number of nitrogens with zero attached hydrogens (tertiary/aromatic N) is 1. The molecule has 2 amide bonds. The van der Waals surface area contributed by atoms with E-state index in [-0.39, 0.29) is 29.3 Å². The summed E-state index contributed by atoms with van der Waals surface area (Å²) in [5.41, 5.74) is 0.959. The zero-order valence-electron chi connectivity index (χ0n) is 17.9. The van der Waals surface area contributed by atoms with E-state index >= 15 is 0 Å². The Morgan fingerprint density at radius 3 is 2.28 bits per heavy atom. The van der Waals surface area contributed by atoms with Crippen molar-refractivity contribution in [1.82, 2.24) is 14.9 Å². The molecular formula is C24H29N3O4S. The molecule has 1 aliphatic heterocycles. The second-order valence-electron chi connectivity index (χ2n) is 8.55. The van der Waals surface area contributed by atoms with E-state index in [0.29, 0.717) is 25.8 Å². The van der Waals surface area contributed by atoms with E-state index in [2.05, 4.69) is 10.6 Å². The Morgan fingerprint density at radius 1 is 0.969 bits per heavy atom. The largest absolute Gasteiger partial charge is 0.352 e. The lowest BCUT2D eigenvalue weighted by Gasteiger charge is -2.32. The number of carbonyl (C=O) groups excluding carboxylic acids is 2. The highest BCUT2D eigenvalue weighted by Gasteiger charge is 2.35. The van der Waals surface area contributed by atoms with Gasteiger partial charge in [-0.05, 0) is 43.4 Å². The lowest BCUT2D eigenvalue weighted by Crippen LogP contribution is -2.52. The molecule has 1 unspecified atom stereocenters. The van der Waals surface area contributed by atoms with Crippen LogP contribution in [-0.2, 0) is 26.0 Å². The lowest BCUT2D eigenvalue weighted by molar-refractivity contribution is -0.131. The number of rotatable bonds is 8. The van der Waals surface area contributed by atoms with Crippen LogP contribution in [0, 0.1) is 5.92 Å². The van der Waals surface area contributed by atoms with Gasteiger partial charge in [-0.1, -0.05) is 48.5 Å². The molecular weight excluding hydrogens is 426 g/mol. The van der Waals surface area contributed by atoms with Crippen LogP contribution in [-0.4, -0.2) is 49.7 Å². The highest BCUT2D eigenvalue weighted by atomic mass is 32.2. The van der Waals surface area contributed by atoms with Gasteiger partial charge in [-0.15, -0.1) is 0 Å². The van der Waals surface area contributed by atoms with Crippen molar-refractivity contribution in [2.75, 3.05) is 13.1 Å². The van der Waals surface area contributed by atoms with Crippen molar-refractivity contribution in [2.45, 2.75) is 49.1 Å². The van der Waals surface area contributed by atoms with Crippen LogP contribution >= 0.6 is 0 Å². The molecule has 1 aliphatic carbocycles. The second kappa shape index (κ2) is 9.83. The monoisotopic (exact) mass is 455 g/mol. The molecule has 4 rings (SSSR count). The van der Waals surface area contributed by atoms with Crippen molar-refractivity contribution in [3.63, 3.8) is 0 Å². The minimum Gasteiger partial charge on any atom is -0.352 e. The molecule has 0 spiro atoms. The van der Waals surface area contributed by atoms with Gasteiger partial charge in [0.05, 0.1) is 10.8 Å². The summed E-state index contributed by atoms with van der Waals surface area (Å²) in [4.78, 5) is 26.1. The Bertz CT molecular complexity index is 1040. The third kappa shape index (κ3) is 5.55. The maximum absolute atomic E-state index is 13.1. The van der Waals surface area contributed by atoms with Crippen molar-refractivity contribution >= 4 is 21.8 Å². The van der Waals surface area contributed by atoms with Crippen molar-refractivity contribution in [3.05, 3.63) is 66.2 Å². The van der Waals surface area contributed by atoms with E-state index < -0.39 is 22.0 Å². The lowest BCUT2D eigenvalue weighted by atomic mass is 9.97. The molecule has 2 N–H and O–H groups in total. The first kappa shape index (κ1) is 22.5. The molecule has 170 valence electrons. The summed E-state index contributed by atoms with van der Waals surface area (Å²) in [6.45, 7) is 0.502. The Hall–Kier alpha value is -2.71. The van der Waals surface area contributed by atoms with Crippen molar-refractivity contribution in [2.24, 2.45) is 5.92 Å². The minimum absolute atomic E-state index is 0.116. The third-order valence-corrected chi connectivity index (χ3v) is 7.85. The maximum Gasteiger partial charge on any atom is 0.243 e. The molecule has 2 aromatic carbocycles. The van der Waals surface area contributed by atoms with E-state index in [0.717, 1.165) is 18.4 Å². The fourth-order valence-electron chi connectivity index (χ4n) is 3.99. The van der Waals surface area contributed by atoms with Gasteiger partial charge in [0.25, 0.3) is 0 Å². The van der Waals surface area contributed by atoms with Gasteiger partial charge in [-0.2, -0.15) is 4.31 Å². The molecule has 0 bridgehead atoms. The Balaban J connectivity index is 1.44. The molecule has 2 aliphatic rings. The van der Waals surface area contributed by atoms with Gasteiger partial charge in [0.15, 0.2) is 0 Å². The average Bonchev–Trinajstić information content (AvgIpc) is 3.64. The fourth-order valence-corrected chi connectivity index (χ4v) is 5.54. The summed E-state index contributed by atoms with van der Waals surface area (Å²) in [6, 6.07) is 17.4. The number of sulfonamides is 1. The van der Waals surface area contributed by atoms with Crippen LogP contribution in [0.3, 0.4) is 0 Å². The van der Waals surface area contributed by atoms with E-state index in [1.165, 1.54) is 4.31 Å². The molecule has 0 radical (unpaired) electrons. The summed E-state index contributed by atoms with van der Waals surface area (Å²) in [6.07, 6.45) is 3.51. The number of amides is 2. The van der Waals surface area contributed by atoms with E-state index in [1.54, 1.807) is 30.3 Å². The predicted molar refractivity (Wildman–Crippen MR) is 121 cm³/mol. The van der Waals surface area contributed by atoms with E-state index in [4.69, 9.17) is 0 Å². The maximum atomic E-state index is 13.1. The summed E-state index contributed by atoms with van der Waals surface area (Å²) in [5, 5.41) is 5.88. The Morgan fingerprint density at radius 2 is 1.62 bits per heavy atom. The number of hydrogen-bond donors (Lipinski definition) is 2. The quantitative estimate of drug-likeness (QED) is 0.637. The summed E-state index contributed by atoms with van der Waals surface area (Å²) in [5.74, 6) is -0.951. The van der Waals surface area contributed by atoms with Crippen LogP contribution in [0.4, 0.5) is 0 Å². The van der Waals surface area contributed by atoms with Crippen LogP contribution in [0.1, 0.15) is 31.2 Å². The standard InChI is InChI=1S/C24H29N3O4S/c28-23(19-10-7-15-27(17-19)32(30,31)21-11-5-2-6-12-21)26-22(24(29)25-20-13-14-20)16-18-8-3-1-4-9-18/h1-6,8-9,11-12,19-20,22H,7,10,13-17H2,(H,25,29)(H,26,28)/t19?,22-/m1/s1. The van der Waals surface area contributed by atoms with Crippen molar-refractivity contribution in [3.8, 4) is 0 Å². The summed E-state index contributed by atoms with van der Waals surface area (Å²) >= 11 is 0. The smallest absolute Gasteiger partial charge is 0.243 e. The number of piperidine rings is 1. The number of nitrogens with one attached hydrogen (secondary N) is 2. The fraction of sp³-hybridized carbons (Fsp3) is 0.417. The van der Waals surface area contributed by atoms with Crippen LogP contribution in [0.5, 0.6) is 0 Å². The van der Waals surface area contributed by atoms with Crippen LogP contribution in [0.2, 0.25) is 0 Å². The zero-order chi connectivity index (χ0) is 22.6. The Kier molecular flexibility index (Phi) is 6.91. The second-order valence-corrected chi connectivity index (χ2v) is 10.5. The third-order valence-electron chi connectivity index (χ3n) is 5.98. The molecule has 2 aromatic rings. The Labute approximate surface area is 189 Å². The molecule has 1 heterocycles. The molecule has 1 saturated heterocycles. The van der Waals surface area contributed by atoms with Crippen molar-refractivity contribution in [1.29, 1.82) is 0 Å². The number of carbonyl (C=O) groups is 2. The summed E-state index contributed by atoms with van der Waals surface area (Å²) < 4.78 is 27.4. The van der Waals surface area contributed by atoms with E-state index in [1.807, 2.05) is 30.3 Å². The highest BCUT2D eigenvalue weighted by molar-refractivity contribution is 7.89. The minimum atomic E-state index is -3.66. The van der Waals surface area contributed by atoms with Gasteiger partial charge in [0.2, 0.25) is 21.8 Å². The van der Waals surface area contributed by atoms with Crippen LogP contribution in [0.25, 0.3) is 0 Å². The average molecular weight is 456 g/mol. The molecule has 2 atom stereocenters. The van der Waals surface area contributed by atoms with Crippen LogP contribution < -0.4 is 10.6 Å². The van der Waals surface area contributed by atoms with Gasteiger partial charge in [0.1, 0.15) is 6.04 Å². The van der Waals surface area contributed by atoms with Gasteiger partial charge < -0.3 is 10.6 Å². The van der Waals surface area contributed by atoms with Gasteiger partial charge in [-0.3, -0.25) is 9.59 Å². The molecule has 7 nitrogen and oxygen atoms in total. The summed E-state index contributed by atoms with van der Waals surface area (Å²) in [7, 11) is -3.66. The van der Waals surface area contributed by atoms with Crippen LogP contribution in [0.15, 0.2) is 65.6 Å². The predicted octanol–water partition coefficient (Wildman–Crippen LogP) is 2.09. The SMILES string of the molecule is O=C(N[C@H](Cc1ccccc1)C(=O)NC1CC1)C1CCCN(S(=O)(=O)c2ccccc2)C1. The van der Waals surface area contributed by atoms with Gasteiger partial charge >= 0.3 is 0 Å². The highest BCUT2D eigenvalue weighted by Crippen LogP contribution is 2.24. The van der Waals surface area contributed by atoms with Gasteiger partial charge in [0, 0.05) is 25.6 Å². The first-order chi connectivity index (χ1) is 15.4. The van der Waals surface area contributed by atoms with Crippen molar-refractivity contribution < 1.29 is 18.0 Å². The first-order valence-corrected chi connectivity index (χ1v) is 12.6. The normalized spacial score (nSPS) is 20.3. The topological polar surface area (TPSA) is 95.6 Å². The molecule has 1 saturated carbocycles. The number of benzene rings is 2. The zero-order valence-corrected chi connectivity index (χ0v) is 18.8. The first-order valence-electron chi connectivity index (χ1n) is 11.1. The van der Waals surface area contributed by atoms with E-state index in [9.17, 15) is 18.0 Å². The van der Waals surface area contributed by atoms with Gasteiger partial charge in [-0.25, -0.2) is 8.42 Å².